The van der Waals surface area contributed by atoms with Gasteiger partial charge in [-0.1, -0.05) is 30.3 Å². The van der Waals surface area contributed by atoms with Crippen molar-refractivity contribution in [3.05, 3.63) is 106 Å². The number of esters is 1. The molecular weight excluding hydrogens is 533 g/mol. The second-order valence-electron chi connectivity index (χ2n) is 10.4. The van der Waals surface area contributed by atoms with Crippen LogP contribution >= 0.6 is 0 Å². The van der Waals surface area contributed by atoms with E-state index in [1.165, 1.54) is 46.3 Å². The number of methoxy groups -OCH3 is 1. The Morgan fingerprint density at radius 2 is 1.75 bits per heavy atom. The highest BCUT2D eigenvalue weighted by Gasteiger charge is 2.39. The van der Waals surface area contributed by atoms with Crippen molar-refractivity contribution in [3.8, 4) is 5.69 Å². The standard InChI is InChI=1S/C30H30FN3O5S/c1-30(2)19-32-15-16-33(30)40(37,38)23-12-9-20(10-13-23)17-25-27(29(36)39-3)34(22-7-5-4-6-8-22)26-18-21(31)11-14-24(26)28(25)35/h4-14,18,32H,15-17,19H2,1-3H3. The van der Waals surface area contributed by atoms with Crippen molar-refractivity contribution in [2.24, 2.45) is 0 Å². The molecule has 0 radical (unpaired) electrons. The van der Waals surface area contributed by atoms with Gasteiger partial charge in [0.15, 0.2) is 5.43 Å². The Balaban J connectivity index is 1.63. The average molecular weight is 564 g/mol. The zero-order chi connectivity index (χ0) is 28.7. The van der Waals surface area contributed by atoms with Gasteiger partial charge in [-0.05, 0) is 61.9 Å². The highest BCUT2D eigenvalue weighted by Crippen LogP contribution is 2.28. The van der Waals surface area contributed by atoms with Gasteiger partial charge in [-0.25, -0.2) is 17.6 Å². The van der Waals surface area contributed by atoms with E-state index in [0.29, 0.717) is 30.9 Å². The molecule has 1 aliphatic heterocycles. The predicted molar refractivity (Wildman–Crippen MR) is 151 cm³/mol. The normalized spacial score (nSPS) is 15.7. The van der Waals surface area contributed by atoms with Crippen LogP contribution in [0.5, 0.6) is 0 Å². The molecule has 0 saturated carbocycles. The number of halogens is 1. The molecule has 10 heteroatoms. The first-order valence-electron chi connectivity index (χ1n) is 12.9. The first-order valence-corrected chi connectivity index (χ1v) is 14.3. The molecule has 1 saturated heterocycles. The molecule has 1 aromatic heterocycles. The number of carbonyl (C=O) groups excluding carboxylic acids is 1. The molecule has 2 heterocycles. The number of nitrogens with zero attached hydrogens (tertiary/aromatic N) is 2. The number of rotatable bonds is 6. The lowest BCUT2D eigenvalue weighted by Crippen LogP contribution is -2.59. The molecule has 0 amide bonds. The Morgan fingerprint density at radius 3 is 2.40 bits per heavy atom. The van der Waals surface area contributed by atoms with Crippen molar-refractivity contribution in [2.45, 2.75) is 30.7 Å². The molecule has 0 atom stereocenters. The summed E-state index contributed by atoms with van der Waals surface area (Å²) in [5.74, 6) is -1.30. The summed E-state index contributed by atoms with van der Waals surface area (Å²) in [6.45, 7) is 5.22. The van der Waals surface area contributed by atoms with E-state index in [1.54, 1.807) is 36.4 Å². The van der Waals surface area contributed by atoms with E-state index in [9.17, 15) is 22.4 Å². The maximum absolute atomic E-state index is 14.4. The maximum Gasteiger partial charge on any atom is 0.355 e. The molecule has 4 aromatic rings. The maximum atomic E-state index is 14.4. The van der Waals surface area contributed by atoms with Crippen molar-refractivity contribution < 1.29 is 22.3 Å². The van der Waals surface area contributed by atoms with E-state index in [-0.39, 0.29) is 33.5 Å². The van der Waals surface area contributed by atoms with Gasteiger partial charge in [-0.3, -0.25) is 4.79 Å². The van der Waals surface area contributed by atoms with Crippen molar-refractivity contribution >= 4 is 26.9 Å². The molecule has 8 nitrogen and oxygen atoms in total. The van der Waals surface area contributed by atoms with Gasteiger partial charge in [0.25, 0.3) is 0 Å². The fourth-order valence-corrected chi connectivity index (χ4v) is 7.03. The Kier molecular flexibility index (Phi) is 7.34. The topological polar surface area (TPSA) is 97.7 Å². The van der Waals surface area contributed by atoms with Crippen LogP contribution in [0.4, 0.5) is 4.39 Å². The highest BCUT2D eigenvalue weighted by molar-refractivity contribution is 7.89. The minimum absolute atomic E-state index is 0.0175. The van der Waals surface area contributed by atoms with E-state index in [0.717, 1.165) is 0 Å². The summed E-state index contributed by atoms with van der Waals surface area (Å²) in [5, 5.41) is 3.47. The van der Waals surface area contributed by atoms with Crippen molar-refractivity contribution in [3.63, 3.8) is 0 Å². The number of carbonyl (C=O) groups is 1. The zero-order valence-corrected chi connectivity index (χ0v) is 23.3. The number of fused-ring (bicyclic) bond motifs is 1. The minimum atomic E-state index is -3.75. The average Bonchev–Trinajstić information content (AvgIpc) is 2.94. The van der Waals surface area contributed by atoms with Crippen LogP contribution in [0.15, 0.2) is 82.5 Å². The van der Waals surface area contributed by atoms with Crippen molar-refractivity contribution in [2.75, 3.05) is 26.7 Å². The number of para-hydroxylation sites is 1. The monoisotopic (exact) mass is 563 g/mol. The Labute approximate surface area is 232 Å². The predicted octanol–water partition coefficient (Wildman–Crippen LogP) is 3.88. The number of pyridine rings is 1. The molecule has 0 unspecified atom stereocenters. The Hall–Kier alpha value is -3.86. The Morgan fingerprint density at radius 1 is 1.05 bits per heavy atom. The number of sulfonamides is 1. The summed E-state index contributed by atoms with van der Waals surface area (Å²) in [6.07, 6.45) is 0.0306. The molecule has 5 rings (SSSR count). The van der Waals surface area contributed by atoms with Gasteiger partial charge in [0, 0.05) is 48.2 Å². The van der Waals surface area contributed by atoms with Gasteiger partial charge >= 0.3 is 5.97 Å². The van der Waals surface area contributed by atoms with Crippen LogP contribution in [-0.4, -0.2) is 55.5 Å². The van der Waals surface area contributed by atoms with Gasteiger partial charge in [0.05, 0.1) is 17.5 Å². The number of aromatic nitrogens is 1. The van der Waals surface area contributed by atoms with E-state index in [4.69, 9.17) is 4.74 Å². The molecule has 0 aliphatic carbocycles. The largest absolute Gasteiger partial charge is 0.464 e. The lowest BCUT2D eigenvalue weighted by molar-refractivity contribution is 0.0590. The summed E-state index contributed by atoms with van der Waals surface area (Å²) in [6, 6.07) is 19.0. The lowest BCUT2D eigenvalue weighted by atomic mass is 9.99. The van der Waals surface area contributed by atoms with Crippen molar-refractivity contribution in [1.82, 2.24) is 14.2 Å². The van der Waals surface area contributed by atoms with Crippen molar-refractivity contribution in [1.29, 1.82) is 0 Å². The molecule has 40 heavy (non-hydrogen) atoms. The van der Waals surface area contributed by atoms with Gasteiger partial charge in [0.2, 0.25) is 10.0 Å². The second kappa shape index (κ2) is 10.6. The van der Waals surface area contributed by atoms with Gasteiger partial charge in [-0.2, -0.15) is 4.31 Å². The highest BCUT2D eigenvalue weighted by atomic mass is 32.2. The first kappa shape index (κ1) is 27.7. The van der Waals surface area contributed by atoms with Crippen LogP contribution in [0, 0.1) is 5.82 Å². The molecule has 1 fully saturated rings. The third kappa shape index (κ3) is 4.94. The second-order valence-corrected chi connectivity index (χ2v) is 12.2. The van der Waals surface area contributed by atoms with Crippen LogP contribution in [0.25, 0.3) is 16.6 Å². The number of hydrogen-bond donors (Lipinski definition) is 1. The molecule has 0 bridgehead atoms. The Bertz CT molecular complexity index is 1750. The van der Waals surface area contributed by atoms with Crippen LogP contribution in [0.1, 0.15) is 35.5 Å². The number of benzene rings is 3. The summed E-state index contributed by atoms with van der Waals surface area (Å²) in [7, 11) is -2.53. The first-order chi connectivity index (χ1) is 19.0. The van der Waals surface area contributed by atoms with Gasteiger partial charge < -0.3 is 14.6 Å². The quantitative estimate of drug-likeness (QED) is 0.358. The summed E-state index contributed by atoms with van der Waals surface area (Å²) < 4.78 is 49.3. The SMILES string of the molecule is COC(=O)c1c(Cc2ccc(S(=O)(=O)N3CCNCC3(C)C)cc2)c(=O)c2ccc(F)cc2n1-c1ccccc1. The molecule has 1 aliphatic rings. The van der Waals surface area contributed by atoms with Crippen LogP contribution < -0.4 is 10.7 Å². The molecular formula is C30H30FN3O5S. The van der Waals surface area contributed by atoms with Gasteiger partial charge in [-0.15, -0.1) is 0 Å². The number of nitrogens with one attached hydrogen (secondary N) is 1. The summed E-state index contributed by atoms with van der Waals surface area (Å²) >= 11 is 0. The van der Waals surface area contributed by atoms with E-state index >= 15 is 0 Å². The number of ether oxygens (including phenoxy) is 1. The van der Waals surface area contributed by atoms with Crippen LogP contribution in [0.2, 0.25) is 0 Å². The summed E-state index contributed by atoms with van der Waals surface area (Å²) in [4.78, 5) is 27.0. The van der Waals surface area contributed by atoms with Crippen LogP contribution in [0.3, 0.4) is 0 Å². The fraction of sp³-hybridized carbons (Fsp3) is 0.267. The molecule has 3 aromatic carbocycles. The molecule has 1 N–H and O–H groups in total. The van der Waals surface area contributed by atoms with E-state index < -0.39 is 32.8 Å². The third-order valence-corrected chi connectivity index (χ3v) is 9.36. The minimum Gasteiger partial charge on any atom is -0.464 e. The smallest absolute Gasteiger partial charge is 0.355 e. The van der Waals surface area contributed by atoms with Gasteiger partial charge in [0.1, 0.15) is 11.5 Å². The third-order valence-electron chi connectivity index (χ3n) is 7.24. The summed E-state index contributed by atoms with van der Waals surface area (Å²) in [5.41, 5.74) is 0.548. The zero-order valence-electron chi connectivity index (χ0n) is 22.5. The lowest BCUT2D eigenvalue weighted by Gasteiger charge is -2.41. The van der Waals surface area contributed by atoms with E-state index in [1.807, 2.05) is 19.9 Å². The molecule has 208 valence electrons. The van der Waals surface area contributed by atoms with Crippen LogP contribution in [-0.2, 0) is 21.2 Å². The molecule has 0 spiro atoms. The van der Waals surface area contributed by atoms with E-state index in [2.05, 4.69) is 5.32 Å². The fourth-order valence-electron chi connectivity index (χ4n) is 5.25. The number of piperazine rings is 1. The number of hydrogen-bond acceptors (Lipinski definition) is 6.